The van der Waals surface area contributed by atoms with Crippen LogP contribution in [0.3, 0.4) is 0 Å². The van der Waals surface area contributed by atoms with Gasteiger partial charge in [-0.1, -0.05) is 18.2 Å². The SMILES string of the molecule is COC(=O)c1cccnc1-c1cccc(CO)c1. The van der Waals surface area contributed by atoms with Crippen molar-refractivity contribution in [1.82, 2.24) is 4.98 Å². The first-order valence-electron chi connectivity index (χ1n) is 5.49. The van der Waals surface area contributed by atoms with E-state index in [1.807, 2.05) is 18.2 Å². The topological polar surface area (TPSA) is 59.4 Å². The van der Waals surface area contributed by atoms with Gasteiger partial charge in [0.1, 0.15) is 0 Å². The Labute approximate surface area is 105 Å². The van der Waals surface area contributed by atoms with Crippen LogP contribution in [0.4, 0.5) is 0 Å². The number of carbonyl (C=O) groups excluding carboxylic acids is 1. The molecule has 0 amide bonds. The van der Waals surface area contributed by atoms with Crippen LogP contribution in [0.1, 0.15) is 15.9 Å². The number of hydrogen-bond acceptors (Lipinski definition) is 4. The Bertz CT molecular complexity index is 566. The lowest BCUT2D eigenvalue weighted by molar-refractivity contribution is 0.0601. The van der Waals surface area contributed by atoms with Gasteiger partial charge in [0.25, 0.3) is 0 Å². The van der Waals surface area contributed by atoms with Crippen LogP contribution >= 0.6 is 0 Å². The van der Waals surface area contributed by atoms with Crippen molar-refractivity contribution in [3.63, 3.8) is 0 Å². The maximum atomic E-state index is 11.7. The van der Waals surface area contributed by atoms with Gasteiger partial charge in [0, 0.05) is 11.8 Å². The molecule has 0 aliphatic rings. The van der Waals surface area contributed by atoms with E-state index < -0.39 is 5.97 Å². The summed E-state index contributed by atoms with van der Waals surface area (Å²) in [5.74, 6) is -0.424. The third-order valence-electron chi connectivity index (χ3n) is 2.60. The zero-order chi connectivity index (χ0) is 13.0. The average molecular weight is 243 g/mol. The largest absolute Gasteiger partial charge is 0.465 e. The zero-order valence-electron chi connectivity index (χ0n) is 9.96. The van der Waals surface area contributed by atoms with E-state index in [0.717, 1.165) is 11.1 Å². The molecule has 1 N–H and O–H groups in total. The highest BCUT2D eigenvalue weighted by Gasteiger charge is 2.13. The Morgan fingerprint density at radius 1 is 1.33 bits per heavy atom. The van der Waals surface area contributed by atoms with Gasteiger partial charge in [-0.25, -0.2) is 4.79 Å². The third kappa shape index (κ3) is 2.38. The van der Waals surface area contributed by atoms with Crippen molar-refractivity contribution in [3.05, 3.63) is 53.7 Å². The van der Waals surface area contributed by atoms with Crippen molar-refractivity contribution in [2.24, 2.45) is 0 Å². The lowest BCUT2D eigenvalue weighted by atomic mass is 10.0. The Morgan fingerprint density at radius 3 is 2.89 bits per heavy atom. The summed E-state index contributed by atoms with van der Waals surface area (Å²) in [4.78, 5) is 15.9. The summed E-state index contributed by atoms with van der Waals surface area (Å²) in [7, 11) is 1.34. The van der Waals surface area contributed by atoms with E-state index in [-0.39, 0.29) is 6.61 Å². The molecule has 0 fully saturated rings. The highest BCUT2D eigenvalue weighted by molar-refractivity contribution is 5.96. The molecule has 4 heteroatoms. The van der Waals surface area contributed by atoms with Crippen LogP contribution in [0.25, 0.3) is 11.3 Å². The minimum Gasteiger partial charge on any atom is -0.465 e. The first-order chi connectivity index (χ1) is 8.76. The van der Waals surface area contributed by atoms with E-state index in [2.05, 4.69) is 4.98 Å². The number of carbonyl (C=O) groups is 1. The summed E-state index contributed by atoms with van der Waals surface area (Å²) < 4.78 is 4.73. The molecule has 1 aromatic carbocycles. The first-order valence-corrected chi connectivity index (χ1v) is 5.49. The molecule has 0 aliphatic carbocycles. The van der Waals surface area contributed by atoms with Crippen LogP contribution in [-0.4, -0.2) is 23.2 Å². The number of hydrogen-bond donors (Lipinski definition) is 1. The molecule has 4 nitrogen and oxygen atoms in total. The van der Waals surface area contributed by atoms with Gasteiger partial charge in [-0.05, 0) is 23.8 Å². The second-order valence-electron chi connectivity index (χ2n) is 3.75. The average Bonchev–Trinajstić information content (AvgIpc) is 2.46. The predicted octanol–water partition coefficient (Wildman–Crippen LogP) is 2.03. The van der Waals surface area contributed by atoms with E-state index in [4.69, 9.17) is 9.84 Å². The molecule has 0 unspecified atom stereocenters. The molecule has 1 heterocycles. The number of benzene rings is 1. The van der Waals surface area contributed by atoms with Crippen LogP contribution in [0.5, 0.6) is 0 Å². The zero-order valence-corrected chi connectivity index (χ0v) is 9.96. The van der Waals surface area contributed by atoms with E-state index in [1.165, 1.54) is 7.11 Å². The predicted molar refractivity (Wildman–Crippen MR) is 66.9 cm³/mol. The summed E-state index contributed by atoms with van der Waals surface area (Å²) >= 11 is 0. The van der Waals surface area contributed by atoms with Crippen molar-refractivity contribution in [1.29, 1.82) is 0 Å². The van der Waals surface area contributed by atoms with Gasteiger partial charge in [-0.2, -0.15) is 0 Å². The lowest BCUT2D eigenvalue weighted by Gasteiger charge is -2.07. The number of esters is 1. The van der Waals surface area contributed by atoms with Gasteiger partial charge in [-0.15, -0.1) is 0 Å². The molecule has 0 aliphatic heterocycles. The Morgan fingerprint density at radius 2 is 2.17 bits per heavy atom. The summed E-state index contributed by atoms with van der Waals surface area (Å²) in [5, 5.41) is 9.12. The number of aliphatic hydroxyl groups is 1. The van der Waals surface area contributed by atoms with Gasteiger partial charge < -0.3 is 9.84 Å². The highest BCUT2D eigenvalue weighted by atomic mass is 16.5. The molecule has 0 saturated heterocycles. The van der Waals surface area contributed by atoms with Crippen molar-refractivity contribution >= 4 is 5.97 Å². The quantitative estimate of drug-likeness (QED) is 0.838. The molecule has 0 atom stereocenters. The fraction of sp³-hybridized carbons (Fsp3) is 0.143. The molecule has 2 aromatic rings. The minimum absolute atomic E-state index is 0.0474. The monoisotopic (exact) mass is 243 g/mol. The van der Waals surface area contributed by atoms with Crippen molar-refractivity contribution in [2.75, 3.05) is 7.11 Å². The molecule has 0 saturated carbocycles. The second-order valence-corrected chi connectivity index (χ2v) is 3.75. The number of methoxy groups -OCH3 is 1. The van der Waals surface area contributed by atoms with Gasteiger partial charge in [0.2, 0.25) is 0 Å². The van der Waals surface area contributed by atoms with Crippen LogP contribution in [0.2, 0.25) is 0 Å². The Balaban J connectivity index is 2.53. The normalized spacial score (nSPS) is 10.1. The number of nitrogens with zero attached hydrogens (tertiary/aromatic N) is 1. The Hall–Kier alpha value is -2.20. The van der Waals surface area contributed by atoms with E-state index in [0.29, 0.717) is 11.3 Å². The van der Waals surface area contributed by atoms with Gasteiger partial charge in [0.05, 0.1) is 25.0 Å². The van der Waals surface area contributed by atoms with Gasteiger partial charge >= 0.3 is 5.97 Å². The fourth-order valence-electron chi connectivity index (χ4n) is 1.73. The van der Waals surface area contributed by atoms with E-state index in [9.17, 15) is 4.79 Å². The van der Waals surface area contributed by atoms with E-state index >= 15 is 0 Å². The number of aromatic nitrogens is 1. The van der Waals surface area contributed by atoms with Crippen LogP contribution in [-0.2, 0) is 11.3 Å². The maximum absolute atomic E-state index is 11.7. The number of ether oxygens (including phenoxy) is 1. The lowest BCUT2D eigenvalue weighted by Crippen LogP contribution is -2.04. The minimum atomic E-state index is -0.424. The van der Waals surface area contributed by atoms with Gasteiger partial charge in [0.15, 0.2) is 0 Å². The van der Waals surface area contributed by atoms with E-state index in [1.54, 1.807) is 24.4 Å². The molecule has 0 bridgehead atoms. The smallest absolute Gasteiger partial charge is 0.340 e. The van der Waals surface area contributed by atoms with Crippen molar-refractivity contribution in [2.45, 2.75) is 6.61 Å². The molecular formula is C14H13NO3. The molecule has 1 aromatic heterocycles. The van der Waals surface area contributed by atoms with Crippen LogP contribution < -0.4 is 0 Å². The maximum Gasteiger partial charge on any atom is 0.340 e. The summed E-state index contributed by atoms with van der Waals surface area (Å²) in [6, 6.07) is 10.6. The molecular weight excluding hydrogens is 230 g/mol. The van der Waals surface area contributed by atoms with Crippen LogP contribution in [0, 0.1) is 0 Å². The molecule has 0 radical (unpaired) electrons. The van der Waals surface area contributed by atoms with Gasteiger partial charge in [-0.3, -0.25) is 4.98 Å². The third-order valence-corrected chi connectivity index (χ3v) is 2.60. The van der Waals surface area contributed by atoms with Crippen molar-refractivity contribution in [3.8, 4) is 11.3 Å². The van der Waals surface area contributed by atoms with Crippen LogP contribution in [0.15, 0.2) is 42.6 Å². The first kappa shape index (κ1) is 12.3. The summed E-state index contributed by atoms with van der Waals surface area (Å²) in [6.07, 6.45) is 1.62. The summed E-state index contributed by atoms with van der Waals surface area (Å²) in [6.45, 7) is -0.0474. The summed E-state index contributed by atoms with van der Waals surface area (Å²) in [5.41, 5.74) is 2.52. The number of pyridine rings is 1. The fourth-order valence-corrected chi connectivity index (χ4v) is 1.73. The highest BCUT2D eigenvalue weighted by Crippen LogP contribution is 2.22. The Kier molecular flexibility index (Phi) is 3.69. The molecule has 2 rings (SSSR count). The molecule has 18 heavy (non-hydrogen) atoms. The number of aliphatic hydroxyl groups excluding tert-OH is 1. The second kappa shape index (κ2) is 5.42. The standard InChI is InChI=1S/C14H13NO3/c1-18-14(17)12-6-3-7-15-13(12)11-5-2-4-10(8-11)9-16/h2-8,16H,9H2,1H3. The molecule has 92 valence electrons. The molecule has 0 spiro atoms. The number of rotatable bonds is 3. The van der Waals surface area contributed by atoms with Crippen molar-refractivity contribution < 1.29 is 14.6 Å².